The van der Waals surface area contributed by atoms with Crippen molar-refractivity contribution in [2.75, 3.05) is 0 Å². The van der Waals surface area contributed by atoms with Crippen molar-refractivity contribution in [2.45, 2.75) is 31.8 Å². The maximum atomic E-state index is 14.6. The molecule has 1 unspecified atom stereocenters. The molecule has 0 spiro atoms. The fraction of sp³-hybridized carbons (Fsp3) is 0.192. The summed E-state index contributed by atoms with van der Waals surface area (Å²) < 4.78 is 41.1. The molecule has 3 nitrogen and oxygen atoms in total. The Morgan fingerprint density at radius 1 is 0.906 bits per heavy atom. The number of aromatic amines is 1. The largest absolute Gasteiger partial charge is 0.356 e. The van der Waals surface area contributed by atoms with Gasteiger partial charge in [0.05, 0.1) is 5.52 Å². The highest BCUT2D eigenvalue weighted by Crippen LogP contribution is 2.36. The second-order valence-electron chi connectivity index (χ2n) is 8.18. The van der Waals surface area contributed by atoms with E-state index >= 15 is 0 Å². The van der Waals surface area contributed by atoms with E-state index < -0.39 is 0 Å². The van der Waals surface area contributed by atoms with Crippen molar-refractivity contribution in [1.82, 2.24) is 10.3 Å². The lowest BCUT2D eigenvalue weighted by Crippen LogP contribution is -2.35. The molecule has 0 saturated heterocycles. The number of fused-ring (bicyclic) bond motifs is 3. The highest BCUT2D eigenvalue weighted by Gasteiger charge is 2.25. The third-order valence-electron chi connectivity index (χ3n) is 6.16. The molecule has 1 aliphatic heterocycles. The molecule has 32 heavy (non-hydrogen) atoms. The zero-order valence-electron chi connectivity index (χ0n) is 17.2. The van der Waals surface area contributed by atoms with Crippen molar-refractivity contribution in [3.05, 3.63) is 94.9 Å². The van der Waals surface area contributed by atoms with Crippen molar-refractivity contribution in [3.63, 3.8) is 0 Å². The molecule has 0 saturated carbocycles. The standard InChI is InChI=1S/C26H21F3N2O/c27-17-5-1-15(2-6-17)20-10-11-22(29)26-25(20)21-14-30-19(13-23(21)31-26)9-12-24(32)16-3-7-18(28)8-4-16/h1-8,10-11,19,30-31H,9,12-14H2. The van der Waals surface area contributed by atoms with Gasteiger partial charge in [-0.05, 0) is 65.6 Å². The molecule has 0 fully saturated rings. The molecule has 4 aromatic rings. The van der Waals surface area contributed by atoms with Crippen molar-refractivity contribution in [1.29, 1.82) is 0 Å². The SMILES string of the molecule is O=C(CCC1Cc2[nH]c3c(F)ccc(-c4ccc(F)cc4)c3c2CN1)c1ccc(F)cc1. The lowest BCUT2D eigenvalue weighted by atomic mass is 9.93. The van der Waals surface area contributed by atoms with Crippen LogP contribution >= 0.6 is 0 Å². The Kier molecular flexibility index (Phi) is 5.31. The first-order chi connectivity index (χ1) is 15.5. The number of H-pyrrole nitrogens is 1. The third-order valence-corrected chi connectivity index (χ3v) is 6.16. The van der Waals surface area contributed by atoms with Gasteiger partial charge in [0.15, 0.2) is 5.78 Å². The molecule has 2 heterocycles. The van der Waals surface area contributed by atoms with Gasteiger partial charge in [-0.15, -0.1) is 0 Å². The van der Waals surface area contributed by atoms with Crippen LogP contribution in [0.15, 0.2) is 60.7 Å². The minimum atomic E-state index is -0.367. The third kappa shape index (κ3) is 3.82. The average Bonchev–Trinajstić information content (AvgIpc) is 3.19. The number of benzene rings is 3. The topological polar surface area (TPSA) is 44.9 Å². The maximum Gasteiger partial charge on any atom is 0.162 e. The average molecular weight is 434 g/mol. The number of rotatable bonds is 5. The summed E-state index contributed by atoms with van der Waals surface area (Å²) >= 11 is 0. The Morgan fingerprint density at radius 3 is 2.31 bits per heavy atom. The molecule has 6 heteroatoms. The second-order valence-corrected chi connectivity index (χ2v) is 8.18. The predicted octanol–water partition coefficient (Wildman–Crippen LogP) is 5.93. The fourth-order valence-corrected chi connectivity index (χ4v) is 4.48. The van der Waals surface area contributed by atoms with Crippen LogP contribution in [0.2, 0.25) is 0 Å². The van der Waals surface area contributed by atoms with Crippen LogP contribution in [-0.4, -0.2) is 16.8 Å². The van der Waals surface area contributed by atoms with Crippen molar-refractivity contribution in [2.24, 2.45) is 0 Å². The van der Waals surface area contributed by atoms with Crippen LogP contribution in [0.3, 0.4) is 0 Å². The van der Waals surface area contributed by atoms with Gasteiger partial charge < -0.3 is 10.3 Å². The lowest BCUT2D eigenvalue weighted by molar-refractivity contribution is 0.0975. The zero-order valence-corrected chi connectivity index (χ0v) is 17.2. The van der Waals surface area contributed by atoms with Crippen LogP contribution in [0.25, 0.3) is 22.0 Å². The van der Waals surface area contributed by atoms with Gasteiger partial charge in [-0.3, -0.25) is 4.79 Å². The van der Waals surface area contributed by atoms with E-state index in [0.717, 1.165) is 27.8 Å². The molecule has 1 aromatic heterocycles. The Morgan fingerprint density at radius 2 is 1.59 bits per heavy atom. The smallest absolute Gasteiger partial charge is 0.162 e. The minimum Gasteiger partial charge on any atom is -0.356 e. The van der Waals surface area contributed by atoms with Gasteiger partial charge in [0.2, 0.25) is 0 Å². The number of nitrogens with one attached hydrogen (secondary N) is 2. The van der Waals surface area contributed by atoms with Gasteiger partial charge >= 0.3 is 0 Å². The number of ketones is 1. The van der Waals surface area contributed by atoms with E-state index in [1.807, 2.05) is 0 Å². The van der Waals surface area contributed by atoms with Crippen LogP contribution in [-0.2, 0) is 13.0 Å². The zero-order chi connectivity index (χ0) is 22.2. The summed E-state index contributed by atoms with van der Waals surface area (Å²) in [5.41, 5.74) is 4.57. The van der Waals surface area contributed by atoms with Gasteiger partial charge in [-0.1, -0.05) is 18.2 Å². The first-order valence-electron chi connectivity index (χ1n) is 10.6. The minimum absolute atomic E-state index is 0.0288. The van der Waals surface area contributed by atoms with E-state index in [2.05, 4.69) is 10.3 Å². The summed E-state index contributed by atoms with van der Waals surface area (Å²) in [6.07, 6.45) is 1.61. The number of Topliss-reactive ketones (excluding diaryl/α,β-unsaturated/α-hetero) is 1. The quantitative estimate of drug-likeness (QED) is 0.383. The molecule has 0 amide bonds. The van der Waals surface area contributed by atoms with Crippen LogP contribution in [0.4, 0.5) is 13.2 Å². The Bertz CT molecular complexity index is 1290. The van der Waals surface area contributed by atoms with Crippen LogP contribution in [0, 0.1) is 17.5 Å². The van der Waals surface area contributed by atoms with Gasteiger partial charge in [0.1, 0.15) is 17.5 Å². The van der Waals surface area contributed by atoms with Gasteiger partial charge in [0, 0.05) is 42.1 Å². The van der Waals surface area contributed by atoms with E-state index in [4.69, 9.17) is 0 Å². The normalized spacial score (nSPS) is 15.7. The molecule has 0 aliphatic carbocycles. The van der Waals surface area contributed by atoms with Gasteiger partial charge in [0.25, 0.3) is 0 Å². The van der Waals surface area contributed by atoms with Crippen molar-refractivity contribution >= 4 is 16.7 Å². The van der Waals surface area contributed by atoms with Gasteiger partial charge in [-0.2, -0.15) is 0 Å². The maximum absolute atomic E-state index is 14.6. The highest BCUT2D eigenvalue weighted by atomic mass is 19.1. The number of halogens is 3. The summed E-state index contributed by atoms with van der Waals surface area (Å²) in [4.78, 5) is 15.7. The molecule has 1 atom stereocenters. The number of carbonyl (C=O) groups is 1. The Balaban J connectivity index is 1.38. The molecule has 162 valence electrons. The molecule has 5 rings (SSSR count). The van der Waals surface area contributed by atoms with E-state index in [9.17, 15) is 18.0 Å². The molecule has 3 aromatic carbocycles. The van der Waals surface area contributed by atoms with E-state index in [1.54, 1.807) is 18.2 Å². The molecular weight excluding hydrogens is 413 g/mol. The predicted molar refractivity (Wildman–Crippen MR) is 118 cm³/mol. The summed E-state index contributed by atoms with van der Waals surface area (Å²) in [7, 11) is 0. The molecular formula is C26H21F3N2O. The summed E-state index contributed by atoms with van der Waals surface area (Å²) in [6, 6.07) is 15.0. The molecule has 1 aliphatic rings. The molecule has 2 N–H and O–H groups in total. The number of hydrogen-bond acceptors (Lipinski definition) is 2. The second kappa shape index (κ2) is 8.28. The fourth-order valence-electron chi connectivity index (χ4n) is 4.48. The van der Waals surface area contributed by atoms with Crippen molar-refractivity contribution in [3.8, 4) is 11.1 Å². The number of hydrogen-bond donors (Lipinski definition) is 2. The number of aromatic nitrogens is 1. The monoisotopic (exact) mass is 434 g/mol. The van der Waals surface area contributed by atoms with Crippen LogP contribution in [0.1, 0.15) is 34.5 Å². The highest BCUT2D eigenvalue weighted by molar-refractivity contribution is 5.99. The molecule has 0 radical (unpaired) electrons. The van der Waals surface area contributed by atoms with Crippen LogP contribution < -0.4 is 5.32 Å². The number of carbonyl (C=O) groups excluding carboxylic acids is 1. The van der Waals surface area contributed by atoms with Crippen LogP contribution in [0.5, 0.6) is 0 Å². The first kappa shape index (κ1) is 20.5. The van der Waals surface area contributed by atoms with E-state index in [0.29, 0.717) is 36.9 Å². The lowest BCUT2D eigenvalue weighted by Gasteiger charge is -2.24. The summed E-state index contributed by atoms with van der Waals surface area (Å²) in [5, 5.41) is 4.27. The molecule has 0 bridgehead atoms. The van der Waals surface area contributed by atoms with Gasteiger partial charge in [-0.25, -0.2) is 13.2 Å². The first-order valence-corrected chi connectivity index (χ1v) is 10.6. The summed E-state index contributed by atoms with van der Waals surface area (Å²) in [6.45, 7) is 0.544. The Labute approximate surface area is 183 Å². The van der Waals surface area contributed by atoms with E-state index in [-0.39, 0.29) is 29.3 Å². The summed E-state index contributed by atoms with van der Waals surface area (Å²) in [5.74, 6) is -1.04. The van der Waals surface area contributed by atoms with E-state index in [1.165, 1.54) is 42.5 Å². The Hall–Kier alpha value is -3.38. The van der Waals surface area contributed by atoms with Crippen molar-refractivity contribution < 1.29 is 18.0 Å².